The van der Waals surface area contributed by atoms with Gasteiger partial charge in [0, 0.05) is 0 Å². The number of carboxylic acid groups (broad SMARTS) is 1. The number of hydrogen-bond acceptors (Lipinski definition) is 4. The van der Waals surface area contributed by atoms with Crippen molar-refractivity contribution in [3.8, 4) is 0 Å². The van der Waals surface area contributed by atoms with Gasteiger partial charge >= 0.3 is 12.1 Å². The fraction of sp³-hybridized carbons (Fsp3) is 0.700. The minimum Gasteiger partial charge on any atom is -0.465 e. The average Bonchev–Trinajstić information content (AvgIpc) is 2.63. The van der Waals surface area contributed by atoms with Gasteiger partial charge in [0.25, 0.3) is 0 Å². The molecular weight excluding hydrogens is 228 g/mol. The van der Waals surface area contributed by atoms with Crippen molar-refractivity contribution < 1.29 is 24.2 Å². The number of esters is 1. The molecule has 2 fully saturated rings. The first-order valence-electron chi connectivity index (χ1n) is 5.54. The van der Waals surface area contributed by atoms with Gasteiger partial charge in [0.15, 0.2) is 0 Å². The van der Waals surface area contributed by atoms with Crippen LogP contribution in [0.25, 0.3) is 0 Å². The maximum absolute atomic E-state index is 11.7. The van der Waals surface area contributed by atoms with E-state index in [1.54, 1.807) is 6.92 Å². The average molecular weight is 242 g/mol. The van der Waals surface area contributed by atoms with E-state index in [9.17, 15) is 14.4 Å². The van der Waals surface area contributed by atoms with E-state index in [0.717, 1.165) is 4.90 Å². The summed E-state index contributed by atoms with van der Waals surface area (Å²) in [7, 11) is 0. The van der Waals surface area contributed by atoms with E-state index in [4.69, 9.17) is 9.84 Å². The summed E-state index contributed by atoms with van der Waals surface area (Å²) in [6, 6.07) is -2.05. The highest BCUT2D eigenvalue weighted by Gasteiger charge is 2.52. The third-order valence-corrected chi connectivity index (χ3v) is 3.18. The molecule has 0 saturated carbocycles. The molecule has 0 aromatic heterocycles. The van der Waals surface area contributed by atoms with Crippen LogP contribution in [0, 0.1) is 0 Å². The van der Waals surface area contributed by atoms with Crippen LogP contribution in [0.2, 0.25) is 0 Å². The number of hydrogen-bond donors (Lipinski definition) is 2. The molecule has 0 aromatic rings. The molecule has 2 aliphatic heterocycles. The molecule has 2 amide bonds. The number of ether oxygens (including phenoxy) is 1. The summed E-state index contributed by atoms with van der Waals surface area (Å²) in [5.41, 5.74) is 0. The monoisotopic (exact) mass is 242 g/mol. The normalized spacial score (nSPS) is 31.0. The zero-order valence-corrected chi connectivity index (χ0v) is 9.38. The van der Waals surface area contributed by atoms with Crippen molar-refractivity contribution in [2.75, 3.05) is 6.61 Å². The molecule has 7 nitrogen and oxygen atoms in total. The van der Waals surface area contributed by atoms with Crippen molar-refractivity contribution in [2.24, 2.45) is 0 Å². The molecule has 2 N–H and O–H groups in total. The van der Waals surface area contributed by atoms with Crippen molar-refractivity contribution in [3.63, 3.8) is 0 Å². The lowest BCUT2D eigenvalue weighted by Gasteiger charge is -2.36. The van der Waals surface area contributed by atoms with E-state index >= 15 is 0 Å². The first-order valence-corrected chi connectivity index (χ1v) is 5.54. The van der Waals surface area contributed by atoms with Crippen LogP contribution in [0.5, 0.6) is 0 Å². The Morgan fingerprint density at radius 3 is 2.82 bits per heavy atom. The van der Waals surface area contributed by atoms with Gasteiger partial charge in [-0.15, -0.1) is 0 Å². The van der Waals surface area contributed by atoms with Gasteiger partial charge in [-0.25, -0.2) is 9.59 Å². The smallest absolute Gasteiger partial charge is 0.408 e. The Morgan fingerprint density at radius 1 is 1.53 bits per heavy atom. The number of carbonyl (C=O) groups excluding carboxylic acids is 2. The maximum atomic E-state index is 11.7. The van der Waals surface area contributed by atoms with Crippen LogP contribution < -0.4 is 5.32 Å². The van der Waals surface area contributed by atoms with Gasteiger partial charge < -0.3 is 15.2 Å². The van der Waals surface area contributed by atoms with E-state index in [2.05, 4.69) is 5.32 Å². The summed E-state index contributed by atoms with van der Waals surface area (Å²) < 4.78 is 4.84. The molecule has 2 aliphatic rings. The molecule has 2 heterocycles. The second-order valence-electron chi connectivity index (χ2n) is 4.09. The highest BCUT2D eigenvalue weighted by Crippen LogP contribution is 2.30. The van der Waals surface area contributed by atoms with Crippen LogP contribution >= 0.6 is 0 Å². The first-order chi connectivity index (χ1) is 8.06. The molecule has 0 aromatic carbocycles. The Kier molecular flexibility index (Phi) is 2.91. The molecule has 94 valence electrons. The summed E-state index contributed by atoms with van der Waals surface area (Å²) in [6.07, 6.45) is -0.209. The minimum atomic E-state index is -1.17. The number of nitrogens with zero attached hydrogens (tertiary/aromatic N) is 1. The lowest BCUT2D eigenvalue weighted by Crippen LogP contribution is -2.64. The molecule has 0 aliphatic carbocycles. The Morgan fingerprint density at radius 2 is 2.24 bits per heavy atom. The molecule has 17 heavy (non-hydrogen) atoms. The van der Waals surface area contributed by atoms with E-state index in [1.165, 1.54) is 0 Å². The van der Waals surface area contributed by atoms with Crippen molar-refractivity contribution in [1.82, 2.24) is 10.2 Å². The zero-order chi connectivity index (χ0) is 12.6. The largest absolute Gasteiger partial charge is 0.465 e. The van der Waals surface area contributed by atoms with Crippen molar-refractivity contribution in [1.29, 1.82) is 0 Å². The Hall–Kier alpha value is -1.79. The highest BCUT2D eigenvalue weighted by molar-refractivity contribution is 5.93. The lowest BCUT2D eigenvalue weighted by molar-refractivity contribution is -0.151. The predicted octanol–water partition coefficient (Wildman–Crippen LogP) is -0.441. The van der Waals surface area contributed by atoms with Crippen LogP contribution in [-0.4, -0.2) is 52.7 Å². The summed E-state index contributed by atoms with van der Waals surface area (Å²) >= 11 is 0. The second kappa shape index (κ2) is 4.23. The summed E-state index contributed by atoms with van der Waals surface area (Å²) in [5.74, 6) is -0.989. The SMILES string of the molecule is CCOC(=O)[C@@H]1NC(=O)[C@H]2CC[C@@H]1N2C(=O)O. The number of rotatable bonds is 2. The fourth-order valence-electron chi connectivity index (χ4n) is 2.49. The standard InChI is InChI=1S/C10H14N2O5/c1-2-17-9(14)7-5-3-4-6(8(13)11-7)12(5)10(15)16/h5-7H,2-4H2,1H3,(H,11,13)(H,15,16)/t5-,6+,7+/m0/s1. The summed E-state index contributed by atoms with van der Waals surface area (Å²) in [4.78, 5) is 35.5. The van der Waals surface area contributed by atoms with Gasteiger partial charge in [-0.1, -0.05) is 0 Å². The van der Waals surface area contributed by atoms with Crippen LogP contribution in [0.4, 0.5) is 4.79 Å². The second-order valence-corrected chi connectivity index (χ2v) is 4.09. The Labute approximate surface area is 97.7 Å². The number of amides is 2. The molecule has 2 bridgehead atoms. The van der Waals surface area contributed by atoms with Crippen molar-refractivity contribution >= 4 is 18.0 Å². The molecule has 0 spiro atoms. The van der Waals surface area contributed by atoms with Gasteiger partial charge in [0.05, 0.1) is 12.6 Å². The van der Waals surface area contributed by atoms with E-state index in [1.807, 2.05) is 0 Å². The third-order valence-electron chi connectivity index (χ3n) is 3.18. The van der Waals surface area contributed by atoms with Gasteiger partial charge in [-0.05, 0) is 19.8 Å². The number of piperazine rings is 1. The van der Waals surface area contributed by atoms with Gasteiger partial charge in [-0.3, -0.25) is 9.69 Å². The summed E-state index contributed by atoms with van der Waals surface area (Å²) in [6.45, 7) is 1.86. The van der Waals surface area contributed by atoms with Crippen LogP contribution in [0.15, 0.2) is 0 Å². The lowest BCUT2D eigenvalue weighted by atomic mass is 10.1. The molecule has 0 radical (unpaired) electrons. The van der Waals surface area contributed by atoms with Gasteiger partial charge in [-0.2, -0.15) is 0 Å². The molecule has 2 rings (SSSR count). The zero-order valence-electron chi connectivity index (χ0n) is 9.38. The molecular formula is C10H14N2O5. The predicted molar refractivity (Wildman–Crippen MR) is 55.2 cm³/mol. The summed E-state index contributed by atoms with van der Waals surface area (Å²) in [5, 5.41) is 11.6. The maximum Gasteiger partial charge on any atom is 0.408 e. The van der Waals surface area contributed by atoms with E-state index < -0.39 is 36.1 Å². The highest BCUT2D eigenvalue weighted by atomic mass is 16.5. The quantitative estimate of drug-likeness (QED) is 0.640. The Balaban J connectivity index is 2.22. The molecule has 0 unspecified atom stereocenters. The number of nitrogens with one attached hydrogen (secondary N) is 1. The van der Waals surface area contributed by atoms with Crippen molar-refractivity contribution in [2.45, 2.75) is 37.9 Å². The fourth-order valence-corrected chi connectivity index (χ4v) is 2.49. The van der Waals surface area contributed by atoms with Gasteiger partial charge in [0.1, 0.15) is 12.1 Å². The van der Waals surface area contributed by atoms with Crippen LogP contribution in [-0.2, 0) is 14.3 Å². The molecule has 7 heteroatoms. The van der Waals surface area contributed by atoms with Crippen molar-refractivity contribution in [3.05, 3.63) is 0 Å². The van der Waals surface area contributed by atoms with E-state index in [-0.39, 0.29) is 6.61 Å². The number of carbonyl (C=O) groups is 3. The van der Waals surface area contributed by atoms with E-state index in [0.29, 0.717) is 12.8 Å². The molecule has 2 saturated heterocycles. The Bertz CT molecular complexity index is 370. The van der Waals surface area contributed by atoms with Gasteiger partial charge in [0.2, 0.25) is 5.91 Å². The van der Waals surface area contributed by atoms with Crippen LogP contribution in [0.1, 0.15) is 19.8 Å². The minimum absolute atomic E-state index is 0.203. The third kappa shape index (κ3) is 1.81. The number of fused-ring (bicyclic) bond motifs is 2. The molecule has 3 atom stereocenters. The topological polar surface area (TPSA) is 95.9 Å². The van der Waals surface area contributed by atoms with Crippen LogP contribution in [0.3, 0.4) is 0 Å². The first kappa shape index (κ1) is 11.7.